The van der Waals surface area contributed by atoms with Gasteiger partial charge >= 0.3 is 0 Å². The number of nitrogens with zero attached hydrogens (tertiary/aromatic N) is 6. The number of aromatic hydroxyl groups is 2. The summed E-state index contributed by atoms with van der Waals surface area (Å²) in [6, 6.07) is 33.9. The lowest BCUT2D eigenvalue weighted by Crippen LogP contribution is -2.03. The lowest BCUT2D eigenvalue weighted by atomic mass is 10.1. The van der Waals surface area contributed by atoms with Gasteiger partial charge in [-0.05, 0) is 109 Å². The molecule has 0 aliphatic heterocycles. The van der Waals surface area contributed by atoms with Crippen LogP contribution in [0.5, 0.6) is 11.5 Å². The monoisotopic (exact) mass is 917 g/mol. The van der Waals surface area contributed by atoms with Crippen molar-refractivity contribution in [2.45, 2.75) is 21.6 Å². The summed E-state index contributed by atoms with van der Waals surface area (Å²) in [4.78, 5) is -2.25. The first-order chi connectivity index (χ1) is 30.4. The summed E-state index contributed by atoms with van der Waals surface area (Å²) in [6.45, 7) is 1.73. The van der Waals surface area contributed by atoms with Gasteiger partial charge < -0.3 is 15.5 Å². The number of phenolic OH excluding ortho intramolecular Hbond substituents is 2. The lowest BCUT2D eigenvalue weighted by Gasteiger charge is -2.11. The van der Waals surface area contributed by atoms with E-state index in [1.807, 2.05) is 30.3 Å². The summed E-state index contributed by atoms with van der Waals surface area (Å²) in [7, 11) is -14.8. The summed E-state index contributed by atoms with van der Waals surface area (Å²) in [5.74, 6) is -1.21. The van der Waals surface area contributed by atoms with Crippen molar-refractivity contribution in [3.63, 3.8) is 0 Å². The third kappa shape index (κ3) is 8.74. The van der Waals surface area contributed by atoms with Crippen molar-refractivity contribution in [3.8, 4) is 11.5 Å². The Morgan fingerprint density at radius 2 is 1.00 bits per heavy atom. The molecule has 6 N–H and O–H groups in total. The van der Waals surface area contributed by atoms with Crippen molar-refractivity contribution in [2.24, 2.45) is 30.7 Å². The van der Waals surface area contributed by atoms with Crippen molar-refractivity contribution in [2.75, 3.05) is 5.32 Å². The highest BCUT2D eigenvalue weighted by molar-refractivity contribution is 7.86. The Kier molecular flexibility index (Phi) is 11.2. The maximum Gasteiger partial charge on any atom is 0.296 e. The van der Waals surface area contributed by atoms with E-state index in [1.54, 1.807) is 79.7 Å². The van der Waals surface area contributed by atoms with Crippen LogP contribution in [0.2, 0.25) is 0 Å². The molecule has 0 amide bonds. The molecule has 0 aromatic heterocycles. The molecular formula is C43H31N7O11S3. The molecule has 0 fully saturated rings. The number of phenols is 2. The van der Waals surface area contributed by atoms with Crippen LogP contribution < -0.4 is 5.32 Å². The van der Waals surface area contributed by atoms with Crippen molar-refractivity contribution in [1.82, 2.24) is 0 Å². The standard InChI is InChI=1S/C43H31N7O11S3/c1-24-21-28(45-50-42-39(64(59,60)61)23-25-22-27(11-13-29(25)43(42)52)44-26-7-3-2-4-8-26)12-14-32(24)46-47-33-15-16-34(31-10-6-5-9-30(31)33)48-49-35-17-19-38(63(56,57)58)41-36(51)18-20-37(40(35)41)62(53,54)55/h2-23,44,51-52H,1H3,(H,53,54,55)(H,56,57,58)(H,59,60,61). The minimum absolute atomic E-state index is 0.254. The number of hydrogen-bond donors (Lipinski definition) is 6. The van der Waals surface area contributed by atoms with Crippen LogP contribution in [0.4, 0.5) is 45.5 Å². The van der Waals surface area contributed by atoms with E-state index in [-0.39, 0.29) is 22.4 Å². The van der Waals surface area contributed by atoms with E-state index in [0.29, 0.717) is 38.8 Å². The van der Waals surface area contributed by atoms with E-state index < -0.39 is 73.0 Å². The number of hydrogen-bond acceptors (Lipinski definition) is 15. The SMILES string of the molecule is Cc1cc(N=Nc2c(S(=O)(=O)O)cc3cc(Nc4ccccc4)ccc3c2O)ccc1N=Nc1ccc(N=Nc2ccc(S(=O)(=O)O)c3c(O)ccc(S(=O)(=O)O)c23)c2ccccc12. The number of azo groups is 3. The molecule has 0 unspecified atom stereocenters. The minimum atomic E-state index is -4.99. The van der Waals surface area contributed by atoms with Gasteiger partial charge in [-0.3, -0.25) is 13.7 Å². The second-order valence-corrected chi connectivity index (χ2v) is 18.2. The van der Waals surface area contributed by atoms with Gasteiger partial charge in [-0.25, -0.2) is 0 Å². The molecule has 21 heteroatoms. The molecule has 0 spiro atoms. The smallest absolute Gasteiger partial charge is 0.296 e. The molecule has 64 heavy (non-hydrogen) atoms. The molecule has 0 saturated heterocycles. The molecule has 0 aliphatic carbocycles. The van der Waals surface area contributed by atoms with Gasteiger partial charge in [-0.15, -0.1) is 20.5 Å². The topological polar surface area (TPSA) is 290 Å². The molecular weight excluding hydrogens is 887 g/mol. The van der Waals surface area contributed by atoms with Crippen molar-refractivity contribution >= 4 is 108 Å². The maximum absolute atomic E-state index is 12.5. The molecule has 0 saturated carbocycles. The third-order valence-electron chi connectivity index (χ3n) is 9.84. The normalized spacial score (nSPS) is 12.7. The predicted octanol–water partition coefficient (Wildman–Crippen LogP) is 11.6. The van der Waals surface area contributed by atoms with Crippen LogP contribution in [0.25, 0.3) is 32.3 Å². The molecule has 0 aliphatic rings. The second-order valence-electron chi connectivity index (χ2n) is 14.1. The van der Waals surface area contributed by atoms with Crippen LogP contribution in [0.3, 0.4) is 0 Å². The Balaban J connectivity index is 1.08. The van der Waals surface area contributed by atoms with Crippen LogP contribution >= 0.6 is 0 Å². The van der Waals surface area contributed by atoms with Crippen LogP contribution in [-0.2, 0) is 30.4 Å². The quantitative estimate of drug-likeness (QED) is 0.0521. The van der Waals surface area contributed by atoms with E-state index in [4.69, 9.17) is 0 Å². The summed E-state index contributed by atoms with van der Waals surface area (Å²) in [5, 5.41) is 51.0. The highest BCUT2D eigenvalue weighted by Crippen LogP contribution is 2.44. The fourth-order valence-electron chi connectivity index (χ4n) is 6.90. The van der Waals surface area contributed by atoms with Gasteiger partial charge in [-0.2, -0.15) is 35.5 Å². The second kappa shape index (κ2) is 16.6. The van der Waals surface area contributed by atoms with Gasteiger partial charge in [0.25, 0.3) is 30.4 Å². The van der Waals surface area contributed by atoms with Gasteiger partial charge in [0, 0.05) is 38.3 Å². The molecule has 8 aromatic rings. The summed E-state index contributed by atoms with van der Waals surface area (Å²) < 4.78 is 104. The number of benzene rings is 8. The molecule has 0 radical (unpaired) electrons. The Morgan fingerprint density at radius 1 is 0.453 bits per heavy atom. The Morgan fingerprint density at radius 3 is 1.62 bits per heavy atom. The summed E-state index contributed by atoms with van der Waals surface area (Å²) in [5.41, 5.74) is 2.64. The van der Waals surface area contributed by atoms with E-state index in [2.05, 4.69) is 36.0 Å². The number of aryl methyl sites for hydroxylation is 1. The maximum atomic E-state index is 12.5. The number of anilines is 2. The first kappa shape index (κ1) is 43.1. The molecule has 8 aromatic carbocycles. The number of rotatable bonds is 11. The minimum Gasteiger partial charge on any atom is -0.507 e. The number of para-hydroxylation sites is 1. The molecule has 0 bridgehead atoms. The molecule has 18 nitrogen and oxygen atoms in total. The van der Waals surface area contributed by atoms with Gasteiger partial charge in [0.2, 0.25) is 0 Å². The number of nitrogens with one attached hydrogen (secondary N) is 1. The van der Waals surface area contributed by atoms with Crippen LogP contribution in [0.1, 0.15) is 5.56 Å². The van der Waals surface area contributed by atoms with Crippen LogP contribution in [-0.4, -0.2) is 49.1 Å². The van der Waals surface area contributed by atoms with Gasteiger partial charge in [0.15, 0.2) is 5.75 Å². The Hall–Kier alpha value is -7.53. The predicted molar refractivity (Wildman–Crippen MR) is 238 cm³/mol. The first-order valence-corrected chi connectivity index (χ1v) is 22.9. The summed E-state index contributed by atoms with van der Waals surface area (Å²) in [6.07, 6.45) is 0. The highest BCUT2D eigenvalue weighted by Gasteiger charge is 2.26. The molecule has 322 valence electrons. The van der Waals surface area contributed by atoms with E-state index in [1.165, 1.54) is 6.07 Å². The number of fused-ring (bicyclic) bond motifs is 3. The largest absolute Gasteiger partial charge is 0.507 e. The van der Waals surface area contributed by atoms with Gasteiger partial charge in [0.1, 0.15) is 26.1 Å². The first-order valence-electron chi connectivity index (χ1n) is 18.6. The molecule has 0 atom stereocenters. The molecule has 0 heterocycles. The average molecular weight is 918 g/mol. The zero-order chi connectivity index (χ0) is 45.6. The van der Waals surface area contributed by atoms with Crippen LogP contribution in [0, 0.1) is 6.92 Å². The average Bonchev–Trinajstić information content (AvgIpc) is 3.24. The highest BCUT2D eigenvalue weighted by atomic mass is 32.2. The third-order valence-corrected chi connectivity index (χ3v) is 12.5. The van der Waals surface area contributed by atoms with E-state index >= 15 is 0 Å². The Bertz CT molecular complexity index is 3660. The van der Waals surface area contributed by atoms with Gasteiger partial charge in [-0.1, -0.05) is 42.5 Å². The fourth-order valence-corrected chi connectivity index (χ4v) is 8.97. The fraction of sp³-hybridized carbons (Fsp3) is 0.0233. The van der Waals surface area contributed by atoms with Gasteiger partial charge in [0.05, 0.1) is 28.4 Å². The van der Waals surface area contributed by atoms with Crippen molar-refractivity contribution in [1.29, 1.82) is 0 Å². The van der Waals surface area contributed by atoms with E-state index in [9.17, 15) is 49.1 Å². The zero-order valence-electron chi connectivity index (χ0n) is 32.8. The molecule has 8 rings (SSSR count). The Labute approximate surface area is 363 Å². The summed E-state index contributed by atoms with van der Waals surface area (Å²) >= 11 is 0. The van der Waals surface area contributed by atoms with Crippen molar-refractivity contribution < 1.29 is 49.1 Å². The van der Waals surface area contributed by atoms with E-state index in [0.717, 1.165) is 30.0 Å². The van der Waals surface area contributed by atoms with Crippen molar-refractivity contribution in [3.05, 3.63) is 139 Å². The van der Waals surface area contributed by atoms with Crippen LogP contribution in [0.15, 0.2) is 179 Å². The lowest BCUT2D eigenvalue weighted by molar-refractivity contribution is 0.472. The zero-order valence-corrected chi connectivity index (χ0v) is 35.2.